The number of aromatic nitrogens is 1. The van der Waals surface area contributed by atoms with E-state index in [2.05, 4.69) is 20.9 Å². The Balaban J connectivity index is 1.26. The largest absolute Gasteiger partial charge is 0.508 e. The fourth-order valence-corrected chi connectivity index (χ4v) is 6.12. The van der Waals surface area contributed by atoms with E-state index in [4.69, 9.17) is 4.74 Å². The molecule has 4 aromatic carbocycles. The highest BCUT2D eigenvalue weighted by Crippen LogP contribution is 2.31. The van der Waals surface area contributed by atoms with Crippen LogP contribution in [0.2, 0.25) is 0 Å². The summed E-state index contributed by atoms with van der Waals surface area (Å²) in [5, 5.41) is 18.8. The van der Waals surface area contributed by atoms with E-state index in [-0.39, 0.29) is 23.1 Å². The first-order valence-corrected chi connectivity index (χ1v) is 16.3. The number of benzene rings is 4. The summed E-state index contributed by atoms with van der Waals surface area (Å²) in [6, 6.07) is 28.1. The van der Waals surface area contributed by atoms with Crippen molar-refractivity contribution >= 4 is 57.7 Å². The third-order valence-corrected chi connectivity index (χ3v) is 8.76. The Labute approximate surface area is 280 Å². The second kappa shape index (κ2) is 15.3. The second-order valence-corrected chi connectivity index (χ2v) is 12.7. The molecular weight excluding hydrogens is 633 g/mol. The summed E-state index contributed by atoms with van der Waals surface area (Å²) in [6.07, 6.45) is 1.47. The number of thioether (sulfide) groups is 1. The van der Waals surface area contributed by atoms with Crippen LogP contribution in [0.3, 0.4) is 0 Å². The van der Waals surface area contributed by atoms with E-state index in [1.807, 2.05) is 44.2 Å². The summed E-state index contributed by atoms with van der Waals surface area (Å²) in [5.74, 6) is -0.801. The molecule has 0 bridgehead atoms. The van der Waals surface area contributed by atoms with Crippen LogP contribution in [0.15, 0.2) is 108 Å². The average Bonchev–Trinajstić information content (AvgIpc) is 3.44. The second-order valence-electron chi connectivity index (χ2n) is 10.4. The number of nitrogens with one attached hydrogen (secondary N) is 3. The van der Waals surface area contributed by atoms with E-state index in [9.17, 15) is 19.5 Å². The summed E-state index contributed by atoms with van der Waals surface area (Å²) >= 11 is 2.74. The SMILES string of the molecule is COc1cc(O)ccc1/C=C(/NC(=O)c1ccccc1)C(=O)Nc1cccc(SCC(=O)Nc2nc(-c3ccc(C)cc3)c(C)s2)c1. The molecule has 5 aromatic rings. The Hall–Kier alpha value is -5.39. The molecule has 3 amide bonds. The molecule has 4 N–H and O–H groups in total. The molecule has 238 valence electrons. The molecule has 47 heavy (non-hydrogen) atoms. The van der Waals surface area contributed by atoms with Gasteiger partial charge in [0.2, 0.25) is 5.91 Å². The van der Waals surface area contributed by atoms with Crippen molar-refractivity contribution in [2.24, 2.45) is 0 Å². The number of aromatic hydroxyl groups is 1. The molecule has 0 radical (unpaired) electrons. The number of anilines is 2. The first kappa shape index (κ1) is 33.0. The maximum atomic E-state index is 13.5. The van der Waals surface area contributed by atoms with E-state index < -0.39 is 11.8 Å². The van der Waals surface area contributed by atoms with Crippen molar-refractivity contribution in [3.8, 4) is 22.8 Å². The lowest BCUT2D eigenvalue weighted by molar-refractivity contribution is -0.114. The summed E-state index contributed by atoms with van der Waals surface area (Å²) in [7, 11) is 1.44. The van der Waals surface area contributed by atoms with Crippen molar-refractivity contribution in [3.63, 3.8) is 0 Å². The van der Waals surface area contributed by atoms with Gasteiger partial charge in [-0.3, -0.25) is 14.4 Å². The van der Waals surface area contributed by atoms with E-state index in [0.29, 0.717) is 27.7 Å². The van der Waals surface area contributed by atoms with Crippen LogP contribution < -0.4 is 20.7 Å². The molecule has 0 unspecified atom stereocenters. The van der Waals surface area contributed by atoms with Gasteiger partial charge >= 0.3 is 0 Å². The quantitative estimate of drug-likeness (QED) is 0.0863. The molecule has 0 spiro atoms. The molecular formula is C36H32N4O5S2. The predicted molar refractivity (Wildman–Crippen MR) is 188 cm³/mol. The van der Waals surface area contributed by atoms with E-state index in [0.717, 1.165) is 26.6 Å². The van der Waals surface area contributed by atoms with Gasteiger partial charge < -0.3 is 25.8 Å². The molecule has 0 fully saturated rings. The van der Waals surface area contributed by atoms with E-state index >= 15 is 0 Å². The molecule has 0 saturated carbocycles. The Kier molecular flexibility index (Phi) is 10.7. The Bertz CT molecular complexity index is 1940. The van der Waals surface area contributed by atoms with Gasteiger partial charge in [-0.15, -0.1) is 23.1 Å². The van der Waals surface area contributed by atoms with Gasteiger partial charge in [-0.1, -0.05) is 54.1 Å². The van der Waals surface area contributed by atoms with Gasteiger partial charge in [0, 0.05) is 38.2 Å². The number of carbonyl (C=O) groups excluding carboxylic acids is 3. The fourth-order valence-electron chi connectivity index (χ4n) is 4.51. The summed E-state index contributed by atoms with van der Waals surface area (Å²) in [6.45, 7) is 4.01. The van der Waals surface area contributed by atoms with Crippen molar-refractivity contribution in [1.29, 1.82) is 0 Å². The maximum Gasteiger partial charge on any atom is 0.272 e. The van der Waals surface area contributed by atoms with Crippen molar-refractivity contribution in [2.75, 3.05) is 23.5 Å². The zero-order valence-corrected chi connectivity index (χ0v) is 27.5. The van der Waals surface area contributed by atoms with Crippen molar-refractivity contribution in [2.45, 2.75) is 18.7 Å². The first-order chi connectivity index (χ1) is 22.7. The Morgan fingerprint density at radius 1 is 0.915 bits per heavy atom. The number of methoxy groups -OCH3 is 1. The number of phenols is 1. The van der Waals surface area contributed by atoms with Crippen LogP contribution >= 0.6 is 23.1 Å². The van der Waals surface area contributed by atoms with E-state index in [1.165, 1.54) is 48.4 Å². The zero-order valence-electron chi connectivity index (χ0n) is 25.9. The molecule has 1 aromatic heterocycles. The summed E-state index contributed by atoms with van der Waals surface area (Å²) in [5.41, 5.74) is 4.29. The number of thiazole rings is 1. The van der Waals surface area contributed by atoms with Crippen molar-refractivity contribution in [1.82, 2.24) is 10.3 Å². The standard InChI is InChI=1S/C36H32N4O5S2/c1-22-12-14-24(15-13-22)33-23(2)47-36(40-33)39-32(42)21-46-29-11-7-10-27(19-29)37-35(44)30(38-34(43)25-8-5-4-6-9-25)18-26-16-17-28(41)20-31(26)45-3/h4-20,41H,21H2,1-3H3,(H,37,44)(H,38,43)(H,39,40,42)/b30-18+. The molecule has 0 saturated heterocycles. The van der Waals surface area contributed by atoms with Gasteiger partial charge in [-0.05, 0) is 62.4 Å². The molecule has 0 aliphatic carbocycles. The number of rotatable bonds is 11. The van der Waals surface area contributed by atoms with Crippen LogP contribution in [0.25, 0.3) is 17.3 Å². The Morgan fingerprint density at radius 2 is 1.68 bits per heavy atom. The van der Waals surface area contributed by atoms with Crippen LogP contribution in [0.1, 0.15) is 26.4 Å². The minimum absolute atomic E-state index is 0.00455. The number of nitrogens with zero attached hydrogens (tertiary/aromatic N) is 1. The third kappa shape index (κ3) is 8.87. The van der Waals surface area contributed by atoms with Crippen molar-refractivity contribution in [3.05, 3.63) is 124 Å². The number of phenolic OH excluding ortho intramolecular Hbond substituents is 1. The topological polar surface area (TPSA) is 130 Å². The first-order valence-electron chi connectivity index (χ1n) is 14.5. The summed E-state index contributed by atoms with van der Waals surface area (Å²) < 4.78 is 5.36. The highest BCUT2D eigenvalue weighted by atomic mass is 32.2. The normalized spacial score (nSPS) is 11.1. The monoisotopic (exact) mass is 664 g/mol. The van der Waals surface area contributed by atoms with Crippen LogP contribution in [-0.4, -0.2) is 40.7 Å². The van der Waals surface area contributed by atoms with E-state index in [1.54, 1.807) is 54.6 Å². The summed E-state index contributed by atoms with van der Waals surface area (Å²) in [4.78, 5) is 45.7. The molecule has 0 aliphatic rings. The molecule has 0 aliphatic heterocycles. The van der Waals surface area contributed by atoms with Gasteiger partial charge in [0.05, 0.1) is 18.6 Å². The smallest absolute Gasteiger partial charge is 0.272 e. The number of hydrogen-bond acceptors (Lipinski definition) is 8. The lowest BCUT2D eigenvalue weighted by Gasteiger charge is -2.13. The fraction of sp³-hybridized carbons (Fsp3) is 0.111. The third-order valence-electron chi connectivity index (χ3n) is 6.88. The molecule has 0 atom stereocenters. The predicted octanol–water partition coefficient (Wildman–Crippen LogP) is 7.28. The van der Waals surface area contributed by atoms with Crippen LogP contribution in [0, 0.1) is 13.8 Å². The molecule has 1 heterocycles. The number of aryl methyl sites for hydroxylation is 2. The number of carbonyl (C=O) groups is 3. The van der Waals surface area contributed by atoms with Gasteiger partial charge in [-0.2, -0.15) is 0 Å². The Morgan fingerprint density at radius 3 is 2.43 bits per heavy atom. The highest BCUT2D eigenvalue weighted by Gasteiger charge is 2.17. The number of ether oxygens (including phenoxy) is 1. The highest BCUT2D eigenvalue weighted by molar-refractivity contribution is 8.00. The van der Waals surface area contributed by atoms with Crippen LogP contribution in [0.4, 0.5) is 10.8 Å². The molecule has 5 rings (SSSR count). The van der Waals surface area contributed by atoms with Gasteiger partial charge in [0.15, 0.2) is 5.13 Å². The number of hydrogen-bond donors (Lipinski definition) is 4. The van der Waals surface area contributed by atoms with Crippen LogP contribution in [0.5, 0.6) is 11.5 Å². The molecule has 9 nitrogen and oxygen atoms in total. The lowest BCUT2D eigenvalue weighted by atomic mass is 10.1. The minimum atomic E-state index is -0.576. The lowest BCUT2D eigenvalue weighted by Crippen LogP contribution is -2.30. The maximum absolute atomic E-state index is 13.5. The van der Waals surface area contributed by atoms with Gasteiger partial charge in [-0.25, -0.2) is 4.98 Å². The zero-order chi connectivity index (χ0) is 33.3. The minimum Gasteiger partial charge on any atom is -0.508 e. The number of amides is 3. The molecule has 11 heteroatoms. The van der Waals surface area contributed by atoms with Gasteiger partial charge in [0.25, 0.3) is 11.8 Å². The van der Waals surface area contributed by atoms with Gasteiger partial charge in [0.1, 0.15) is 17.2 Å². The van der Waals surface area contributed by atoms with Crippen molar-refractivity contribution < 1.29 is 24.2 Å². The average molecular weight is 665 g/mol. The van der Waals surface area contributed by atoms with Crippen LogP contribution in [-0.2, 0) is 9.59 Å².